The first kappa shape index (κ1) is 22.1. The Morgan fingerprint density at radius 3 is 2.55 bits per heavy atom. The summed E-state index contributed by atoms with van der Waals surface area (Å²) < 4.78 is 28.5. The normalized spacial score (nSPS) is 17.8. The molecule has 2 heterocycles. The van der Waals surface area contributed by atoms with Gasteiger partial charge in [0.1, 0.15) is 0 Å². The molecule has 0 saturated carbocycles. The molecule has 166 valence electrons. The molecule has 0 radical (unpaired) electrons. The van der Waals surface area contributed by atoms with Crippen molar-refractivity contribution in [2.24, 2.45) is 0 Å². The highest BCUT2D eigenvalue weighted by atomic mass is 35.5. The largest absolute Gasteiger partial charge is 0.361 e. The fourth-order valence-corrected chi connectivity index (χ4v) is 5.65. The smallest absolute Gasteiger partial charge is 0.242 e. The number of anilines is 1. The number of benzene rings is 2. The van der Waals surface area contributed by atoms with Crippen molar-refractivity contribution in [3.8, 4) is 0 Å². The first-order valence-electron chi connectivity index (χ1n) is 10.6. The van der Waals surface area contributed by atoms with Crippen LogP contribution in [0.4, 0.5) is 5.69 Å². The molecule has 6 nitrogen and oxygen atoms in total. The zero-order chi connectivity index (χ0) is 22.2. The van der Waals surface area contributed by atoms with Gasteiger partial charge in [-0.2, -0.15) is 0 Å². The fraction of sp³-hybridized carbons (Fsp3) is 0.435. The minimum absolute atomic E-state index is 0.124. The first-order valence-corrected chi connectivity index (χ1v) is 12.4. The van der Waals surface area contributed by atoms with E-state index in [0.29, 0.717) is 18.1 Å². The minimum Gasteiger partial charge on any atom is -0.361 e. The van der Waals surface area contributed by atoms with Crippen molar-refractivity contribution < 1.29 is 13.2 Å². The quantitative estimate of drug-likeness (QED) is 0.714. The number of sulfonamides is 1. The van der Waals surface area contributed by atoms with Gasteiger partial charge < -0.3 is 9.80 Å². The zero-order valence-electron chi connectivity index (χ0n) is 17.9. The molecule has 2 aliphatic heterocycles. The molecule has 0 aliphatic carbocycles. The summed E-state index contributed by atoms with van der Waals surface area (Å²) >= 11 is 6.15. The van der Waals surface area contributed by atoms with Crippen LogP contribution in [0.15, 0.2) is 47.4 Å². The topological polar surface area (TPSA) is 69.7 Å². The third kappa shape index (κ3) is 4.59. The van der Waals surface area contributed by atoms with E-state index in [1.54, 1.807) is 24.3 Å². The Bertz CT molecular complexity index is 1090. The second-order valence-corrected chi connectivity index (χ2v) is 11.1. The number of carbonyl (C=O) groups excluding carboxylic acids is 1. The molecule has 2 aromatic carbocycles. The Hall–Kier alpha value is -2.09. The number of carbonyl (C=O) groups is 1. The van der Waals surface area contributed by atoms with E-state index in [-0.39, 0.29) is 22.8 Å². The van der Waals surface area contributed by atoms with Crippen LogP contribution < -0.4 is 9.62 Å². The summed E-state index contributed by atoms with van der Waals surface area (Å²) in [7, 11) is -3.70. The third-order valence-electron chi connectivity index (χ3n) is 6.13. The highest BCUT2D eigenvalue weighted by Gasteiger charge is 2.37. The van der Waals surface area contributed by atoms with E-state index >= 15 is 0 Å². The first-order chi connectivity index (χ1) is 14.7. The van der Waals surface area contributed by atoms with Gasteiger partial charge in [0.15, 0.2) is 0 Å². The van der Waals surface area contributed by atoms with Crippen LogP contribution in [0.2, 0.25) is 5.02 Å². The summed E-state index contributed by atoms with van der Waals surface area (Å²) in [5.41, 5.74) is 2.35. The lowest BCUT2D eigenvalue weighted by Crippen LogP contribution is -2.40. The maximum Gasteiger partial charge on any atom is 0.242 e. The van der Waals surface area contributed by atoms with E-state index in [9.17, 15) is 13.2 Å². The van der Waals surface area contributed by atoms with Crippen LogP contribution in [-0.4, -0.2) is 45.4 Å². The summed E-state index contributed by atoms with van der Waals surface area (Å²) in [5.74, 6) is 0.138. The summed E-state index contributed by atoms with van der Waals surface area (Å²) in [6.45, 7) is 6.96. The summed E-state index contributed by atoms with van der Waals surface area (Å²) in [4.78, 5) is 16.9. The lowest BCUT2D eigenvalue weighted by atomic mass is 9.87. The number of nitrogens with zero attached hydrogens (tertiary/aromatic N) is 2. The van der Waals surface area contributed by atoms with Crippen LogP contribution >= 0.6 is 11.6 Å². The molecule has 1 N–H and O–H groups in total. The zero-order valence-corrected chi connectivity index (χ0v) is 19.5. The molecule has 8 heteroatoms. The van der Waals surface area contributed by atoms with Gasteiger partial charge in [-0.25, -0.2) is 13.1 Å². The van der Waals surface area contributed by atoms with Crippen LogP contribution in [-0.2, 0) is 26.8 Å². The maximum atomic E-state index is 12.9. The predicted molar refractivity (Wildman–Crippen MR) is 123 cm³/mol. The van der Waals surface area contributed by atoms with Crippen molar-refractivity contribution in [3.05, 3.63) is 58.6 Å². The van der Waals surface area contributed by atoms with Gasteiger partial charge in [0.2, 0.25) is 15.9 Å². The number of hydrogen-bond acceptors (Lipinski definition) is 4. The van der Waals surface area contributed by atoms with Crippen molar-refractivity contribution in [2.75, 3.05) is 31.1 Å². The van der Waals surface area contributed by atoms with Crippen LogP contribution in [0, 0.1) is 0 Å². The van der Waals surface area contributed by atoms with Crippen molar-refractivity contribution in [1.29, 1.82) is 0 Å². The number of likely N-dealkylation sites (tertiary alicyclic amines) is 1. The molecule has 2 aromatic rings. The summed E-state index contributed by atoms with van der Waals surface area (Å²) in [5, 5.41) is 0.526. The molecule has 1 fully saturated rings. The molecule has 31 heavy (non-hydrogen) atoms. The van der Waals surface area contributed by atoms with E-state index in [0.717, 1.165) is 42.7 Å². The van der Waals surface area contributed by atoms with Gasteiger partial charge in [-0.15, -0.1) is 0 Å². The molecular weight excluding hydrogens is 434 g/mol. The van der Waals surface area contributed by atoms with E-state index in [4.69, 9.17) is 11.6 Å². The second-order valence-electron chi connectivity index (χ2n) is 8.92. The predicted octanol–water partition coefficient (Wildman–Crippen LogP) is 3.54. The Morgan fingerprint density at radius 1 is 1.13 bits per heavy atom. The molecule has 0 bridgehead atoms. The van der Waals surface area contributed by atoms with E-state index in [1.807, 2.05) is 23.1 Å². The van der Waals surface area contributed by atoms with Gasteiger partial charge in [0.05, 0.1) is 11.4 Å². The number of amides is 1. The Balaban J connectivity index is 1.54. The average molecular weight is 462 g/mol. The SMILES string of the molecule is CC1(C)CN(CC(=O)N2CCCC2)c2ccc(S(=O)(=O)NCc3ccccc3Cl)cc21. The molecular formula is C23H28ClN3O3S. The molecule has 4 rings (SSSR count). The van der Waals surface area contributed by atoms with Crippen molar-refractivity contribution in [2.45, 2.75) is 43.5 Å². The van der Waals surface area contributed by atoms with E-state index in [1.165, 1.54) is 0 Å². The lowest BCUT2D eigenvalue weighted by Gasteiger charge is -2.24. The standard InChI is InChI=1S/C23H28ClN3O3S/c1-23(2)16-27(15-22(28)26-11-5-6-12-26)21-10-9-18(13-19(21)23)31(29,30)25-14-17-7-3-4-8-20(17)24/h3-4,7-10,13,25H,5-6,11-12,14-16H2,1-2H3. The van der Waals surface area contributed by atoms with Gasteiger partial charge in [-0.1, -0.05) is 43.6 Å². The Kier molecular flexibility index (Phi) is 6.03. The average Bonchev–Trinajstić information content (AvgIpc) is 3.34. The number of rotatable bonds is 6. The summed E-state index contributed by atoms with van der Waals surface area (Å²) in [6, 6.07) is 12.3. The lowest BCUT2D eigenvalue weighted by molar-refractivity contribution is -0.128. The molecule has 1 amide bonds. The molecule has 0 atom stereocenters. The third-order valence-corrected chi connectivity index (χ3v) is 7.90. The van der Waals surface area contributed by atoms with Crippen LogP contribution in [0.5, 0.6) is 0 Å². The van der Waals surface area contributed by atoms with Gasteiger partial charge in [0.25, 0.3) is 0 Å². The summed E-state index contributed by atoms with van der Waals surface area (Å²) in [6.07, 6.45) is 2.13. The van der Waals surface area contributed by atoms with E-state index < -0.39 is 10.0 Å². The number of fused-ring (bicyclic) bond motifs is 1. The molecule has 0 spiro atoms. The van der Waals surface area contributed by atoms with Crippen molar-refractivity contribution in [1.82, 2.24) is 9.62 Å². The van der Waals surface area contributed by atoms with E-state index in [2.05, 4.69) is 23.5 Å². The second kappa shape index (κ2) is 8.45. The Labute approximate surface area is 189 Å². The number of halogens is 1. The number of nitrogens with one attached hydrogen (secondary N) is 1. The monoisotopic (exact) mass is 461 g/mol. The molecule has 2 aliphatic rings. The molecule has 0 unspecified atom stereocenters. The fourth-order valence-electron chi connectivity index (χ4n) is 4.42. The van der Waals surface area contributed by atoms with Gasteiger partial charge >= 0.3 is 0 Å². The highest BCUT2D eigenvalue weighted by molar-refractivity contribution is 7.89. The Morgan fingerprint density at radius 2 is 1.84 bits per heavy atom. The van der Waals surface area contributed by atoms with Crippen LogP contribution in [0.25, 0.3) is 0 Å². The maximum absolute atomic E-state index is 12.9. The molecule has 0 aromatic heterocycles. The van der Waals surface area contributed by atoms with Gasteiger partial charge in [0, 0.05) is 42.3 Å². The van der Waals surface area contributed by atoms with Gasteiger partial charge in [-0.05, 0) is 48.2 Å². The minimum atomic E-state index is -3.70. The van der Waals surface area contributed by atoms with Crippen molar-refractivity contribution in [3.63, 3.8) is 0 Å². The highest BCUT2D eigenvalue weighted by Crippen LogP contribution is 2.41. The molecule has 1 saturated heterocycles. The van der Waals surface area contributed by atoms with Crippen LogP contribution in [0.1, 0.15) is 37.8 Å². The number of hydrogen-bond donors (Lipinski definition) is 1. The van der Waals surface area contributed by atoms with Crippen LogP contribution in [0.3, 0.4) is 0 Å². The van der Waals surface area contributed by atoms with Crippen molar-refractivity contribution >= 4 is 33.2 Å². The van der Waals surface area contributed by atoms with Gasteiger partial charge in [-0.3, -0.25) is 4.79 Å².